The van der Waals surface area contributed by atoms with E-state index in [1.165, 1.54) is 6.42 Å². The van der Waals surface area contributed by atoms with Crippen LogP contribution in [0.2, 0.25) is 0 Å². The summed E-state index contributed by atoms with van der Waals surface area (Å²) in [6.07, 6.45) is 3.92. The van der Waals surface area contributed by atoms with Gasteiger partial charge in [0.05, 0.1) is 0 Å². The maximum atomic E-state index is 8.75. The number of nitriles is 1. The Morgan fingerprint density at radius 1 is 1.65 bits per heavy atom. The van der Waals surface area contributed by atoms with Crippen LogP contribution in [-0.2, 0) is 0 Å². The van der Waals surface area contributed by atoms with Crippen LogP contribution in [0.3, 0.4) is 0 Å². The van der Waals surface area contributed by atoms with Crippen molar-refractivity contribution in [1.82, 2.24) is 14.9 Å². The van der Waals surface area contributed by atoms with Gasteiger partial charge >= 0.3 is 6.01 Å². The Morgan fingerprint density at radius 3 is 3.12 bits per heavy atom. The zero-order valence-electron chi connectivity index (χ0n) is 10.1. The first-order valence-corrected chi connectivity index (χ1v) is 5.81. The summed E-state index contributed by atoms with van der Waals surface area (Å²) in [5.41, 5.74) is 0.335. The van der Waals surface area contributed by atoms with Crippen LogP contribution in [-0.4, -0.2) is 40.6 Å². The van der Waals surface area contributed by atoms with Gasteiger partial charge in [-0.15, -0.1) is 0 Å². The zero-order chi connectivity index (χ0) is 12.3. The highest BCUT2D eigenvalue weighted by Crippen LogP contribution is 2.20. The number of hydrogen-bond donors (Lipinski definition) is 0. The van der Waals surface area contributed by atoms with Crippen LogP contribution in [0.25, 0.3) is 0 Å². The van der Waals surface area contributed by atoms with Crippen molar-refractivity contribution in [2.75, 3.05) is 13.6 Å². The Kier molecular flexibility index (Phi) is 3.55. The molecule has 2 rings (SSSR count). The number of nitrogens with zero attached hydrogens (tertiary/aromatic N) is 4. The van der Waals surface area contributed by atoms with Gasteiger partial charge in [-0.3, -0.25) is 4.90 Å². The van der Waals surface area contributed by atoms with Crippen molar-refractivity contribution < 1.29 is 4.74 Å². The predicted molar refractivity (Wildman–Crippen MR) is 62.5 cm³/mol. The fourth-order valence-corrected chi connectivity index (χ4v) is 2.23. The van der Waals surface area contributed by atoms with Gasteiger partial charge in [0.15, 0.2) is 0 Å². The lowest BCUT2D eigenvalue weighted by Crippen LogP contribution is -2.38. The Labute approximate surface area is 101 Å². The van der Waals surface area contributed by atoms with Gasteiger partial charge < -0.3 is 4.74 Å². The quantitative estimate of drug-likeness (QED) is 0.783. The molecule has 0 amide bonds. The molecule has 2 heterocycles. The molecule has 90 valence electrons. The molecule has 5 nitrogen and oxygen atoms in total. The Morgan fingerprint density at radius 2 is 2.47 bits per heavy atom. The molecule has 0 unspecified atom stereocenters. The molecule has 2 atom stereocenters. The van der Waals surface area contributed by atoms with E-state index in [2.05, 4.69) is 21.9 Å². The summed E-state index contributed by atoms with van der Waals surface area (Å²) >= 11 is 0. The lowest BCUT2D eigenvalue weighted by molar-refractivity contribution is 0.112. The third-order valence-electron chi connectivity index (χ3n) is 3.16. The van der Waals surface area contributed by atoms with Crippen molar-refractivity contribution in [3.63, 3.8) is 0 Å². The highest BCUT2D eigenvalue weighted by atomic mass is 16.5. The van der Waals surface area contributed by atoms with E-state index < -0.39 is 0 Å². The van der Waals surface area contributed by atoms with Crippen LogP contribution in [0.5, 0.6) is 6.01 Å². The zero-order valence-corrected chi connectivity index (χ0v) is 10.1. The van der Waals surface area contributed by atoms with E-state index in [1.54, 1.807) is 12.3 Å². The van der Waals surface area contributed by atoms with Crippen molar-refractivity contribution in [3.05, 3.63) is 18.0 Å². The number of hydrogen-bond acceptors (Lipinski definition) is 5. The first-order chi connectivity index (χ1) is 8.20. The van der Waals surface area contributed by atoms with Crippen LogP contribution in [0, 0.1) is 11.3 Å². The van der Waals surface area contributed by atoms with Crippen molar-refractivity contribution in [3.8, 4) is 12.1 Å². The van der Waals surface area contributed by atoms with Gasteiger partial charge in [0, 0.05) is 12.2 Å². The highest BCUT2D eigenvalue weighted by Gasteiger charge is 2.28. The predicted octanol–water partition coefficient (Wildman–Crippen LogP) is 1.21. The second-order valence-corrected chi connectivity index (χ2v) is 4.35. The van der Waals surface area contributed by atoms with Crippen LogP contribution in [0.4, 0.5) is 0 Å². The second-order valence-electron chi connectivity index (χ2n) is 4.35. The van der Waals surface area contributed by atoms with Crippen molar-refractivity contribution in [1.29, 1.82) is 5.26 Å². The normalized spacial score (nSPS) is 22.1. The number of likely N-dealkylation sites (tertiary alicyclic amines) is 1. The van der Waals surface area contributed by atoms with Gasteiger partial charge in [-0.05, 0) is 39.4 Å². The molecule has 17 heavy (non-hydrogen) atoms. The molecule has 0 aromatic carbocycles. The number of likely N-dealkylation sites (N-methyl/N-ethyl adjacent to an activating group) is 1. The molecule has 0 aliphatic carbocycles. The summed E-state index contributed by atoms with van der Waals surface area (Å²) < 4.78 is 5.70. The average molecular weight is 232 g/mol. The molecule has 0 radical (unpaired) electrons. The Balaban J connectivity index is 2.02. The number of ether oxygens (including phenoxy) is 1. The molecule has 1 saturated heterocycles. The lowest BCUT2D eigenvalue weighted by atomic mass is 10.1. The highest BCUT2D eigenvalue weighted by molar-refractivity contribution is 5.19. The number of rotatable bonds is 3. The van der Waals surface area contributed by atoms with Gasteiger partial charge in [0.25, 0.3) is 0 Å². The molecule has 1 aromatic heterocycles. The van der Waals surface area contributed by atoms with E-state index in [1.807, 2.05) is 13.0 Å². The molecular formula is C12H16N4O. The Bertz CT molecular complexity index is 429. The molecule has 0 saturated carbocycles. The minimum atomic E-state index is 0.0384. The monoisotopic (exact) mass is 232 g/mol. The van der Waals surface area contributed by atoms with E-state index in [0.29, 0.717) is 11.7 Å². The van der Waals surface area contributed by atoms with Crippen LogP contribution < -0.4 is 4.74 Å². The summed E-state index contributed by atoms with van der Waals surface area (Å²) in [6.45, 7) is 3.13. The van der Waals surface area contributed by atoms with E-state index in [9.17, 15) is 0 Å². The van der Waals surface area contributed by atoms with Gasteiger partial charge in [0.2, 0.25) is 0 Å². The Hall–Kier alpha value is -1.67. The first-order valence-electron chi connectivity index (χ1n) is 5.81. The molecule has 1 aliphatic rings. The number of aromatic nitrogens is 2. The van der Waals surface area contributed by atoms with Gasteiger partial charge in [0.1, 0.15) is 17.9 Å². The summed E-state index contributed by atoms with van der Waals surface area (Å²) in [7, 11) is 2.10. The van der Waals surface area contributed by atoms with Crippen molar-refractivity contribution in [2.24, 2.45) is 0 Å². The third kappa shape index (κ3) is 2.71. The fraction of sp³-hybridized carbons (Fsp3) is 0.583. The first kappa shape index (κ1) is 11.8. The topological polar surface area (TPSA) is 62.0 Å². The average Bonchev–Trinajstić information content (AvgIpc) is 2.76. The largest absolute Gasteiger partial charge is 0.459 e. The van der Waals surface area contributed by atoms with Gasteiger partial charge in [-0.1, -0.05) is 0 Å². The summed E-state index contributed by atoms with van der Waals surface area (Å²) in [6, 6.07) is 4.24. The SMILES string of the molecule is C[C@H](Oc1nccc(C#N)n1)[C@@H]1CCCN1C. The minimum absolute atomic E-state index is 0.0384. The smallest absolute Gasteiger partial charge is 0.317 e. The summed E-state index contributed by atoms with van der Waals surface area (Å²) in [5, 5.41) is 8.75. The van der Waals surface area contributed by atoms with Crippen LogP contribution in [0.15, 0.2) is 12.3 Å². The fourth-order valence-electron chi connectivity index (χ4n) is 2.23. The van der Waals surface area contributed by atoms with E-state index in [-0.39, 0.29) is 12.1 Å². The second kappa shape index (κ2) is 5.11. The molecule has 1 aromatic rings. The molecule has 5 heteroatoms. The van der Waals surface area contributed by atoms with Crippen LogP contribution >= 0.6 is 0 Å². The molecule has 0 bridgehead atoms. The molecular weight excluding hydrogens is 216 g/mol. The maximum Gasteiger partial charge on any atom is 0.317 e. The molecule has 1 aliphatic heterocycles. The van der Waals surface area contributed by atoms with Crippen molar-refractivity contribution >= 4 is 0 Å². The van der Waals surface area contributed by atoms with Crippen LogP contribution in [0.1, 0.15) is 25.5 Å². The summed E-state index contributed by atoms with van der Waals surface area (Å²) in [4.78, 5) is 10.3. The van der Waals surface area contributed by atoms with Crippen molar-refractivity contribution in [2.45, 2.75) is 31.9 Å². The lowest BCUT2D eigenvalue weighted by Gasteiger charge is -2.25. The van der Waals surface area contributed by atoms with E-state index in [0.717, 1.165) is 13.0 Å². The standard InChI is InChI=1S/C12H16N4O/c1-9(11-4-3-7-16(11)2)17-12-14-6-5-10(8-13)15-12/h5-6,9,11H,3-4,7H2,1-2H3/t9-,11-/m0/s1. The third-order valence-corrected chi connectivity index (χ3v) is 3.16. The van der Waals surface area contributed by atoms with Gasteiger partial charge in [-0.2, -0.15) is 10.2 Å². The molecule has 0 N–H and O–H groups in total. The van der Waals surface area contributed by atoms with E-state index in [4.69, 9.17) is 10.00 Å². The molecule has 0 spiro atoms. The van der Waals surface area contributed by atoms with E-state index >= 15 is 0 Å². The summed E-state index contributed by atoms with van der Waals surface area (Å²) in [5.74, 6) is 0. The minimum Gasteiger partial charge on any atom is -0.459 e. The molecule has 1 fully saturated rings. The maximum absolute atomic E-state index is 8.75. The van der Waals surface area contributed by atoms with Gasteiger partial charge in [-0.25, -0.2) is 4.98 Å².